The highest BCUT2D eigenvalue weighted by Crippen LogP contribution is 2.28. The van der Waals surface area contributed by atoms with Crippen molar-refractivity contribution < 1.29 is 0 Å². The Morgan fingerprint density at radius 3 is 2.69 bits per heavy atom. The van der Waals surface area contributed by atoms with Crippen LogP contribution in [0.5, 0.6) is 0 Å². The van der Waals surface area contributed by atoms with E-state index in [1.807, 2.05) is 0 Å². The fourth-order valence-electron chi connectivity index (χ4n) is 2.79. The van der Waals surface area contributed by atoms with Gasteiger partial charge in [-0.2, -0.15) is 0 Å². The topological polar surface area (TPSA) is 12.0 Å². The summed E-state index contributed by atoms with van der Waals surface area (Å²) in [4.78, 5) is 0. The fourth-order valence-corrected chi connectivity index (χ4v) is 2.79. The Hall–Kier alpha value is -0.480. The van der Waals surface area contributed by atoms with E-state index in [0.717, 1.165) is 24.9 Å². The Balaban J connectivity index is 2.32. The molecular formula is C15H27N. The summed E-state index contributed by atoms with van der Waals surface area (Å²) in [5.74, 6) is 3.67. The summed E-state index contributed by atoms with van der Waals surface area (Å²) >= 11 is 0. The van der Waals surface area contributed by atoms with Gasteiger partial charge in [-0.25, -0.2) is 0 Å². The van der Waals surface area contributed by atoms with Crippen LogP contribution >= 0.6 is 0 Å². The highest BCUT2D eigenvalue weighted by atomic mass is 14.9. The van der Waals surface area contributed by atoms with Crippen LogP contribution in [0.2, 0.25) is 0 Å². The largest absolute Gasteiger partial charge is 0.314 e. The molecule has 0 heterocycles. The molecule has 1 aliphatic carbocycles. The zero-order chi connectivity index (χ0) is 11.6. The van der Waals surface area contributed by atoms with Crippen molar-refractivity contribution in [1.82, 2.24) is 5.32 Å². The molecule has 0 spiro atoms. The predicted octanol–water partition coefficient (Wildman–Crippen LogP) is 3.74. The van der Waals surface area contributed by atoms with Gasteiger partial charge in [0.05, 0.1) is 0 Å². The summed E-state index contributed by atoms with van der Waals surface area (Å²) in [5, 5.41) is 3.73. The van der Waals surface area contributed by atoms with Gasteiger partial charge in [-0.15, -0.1) is 12.3 Å². The van der Waals surface area contributed by atoms with Crippen LogP contribution in [-0.2, 0) is 0 Å². The monoisotopic (exact) mass is 221 g/mol. The van der Waals surface area contributed by atoms with Gasteiger partial charge in [0.1, 0.15) is 0 Å². The van der Waals surface area contributed by atoms with E-state index in [1.165, 1.54) is 51.4 Å². The van der Waals surface area contributed by atoms with E-state index >= 15 is 0 Å². The van der Waals surface area contributed by atoms with Gasteiger partial charge in [-0.1, -0.05) is 26.2 Å². The summed E-state index contributed by atoms with van der Waals surface area (Å²) in [6.45, 7) is 3.41. The van der Waals surface area contributed by atoms with Gasteiger partial charge >= 0.3 is 0 Å². The maximum absolute atomic E-state index is 5.32. The summed E-state index contributed by atoms with van der Waals surface area (Å²) in [5.41, 5.74) is 0. The average Bonchev–Trinajstić information content (AvgIpc) is 2.35. The molecule has 0 aliphatic heterocycles. The van der Waals surface area contributed by atoms with Crippen molar-refractivity contribution in [2.24, 2.45) is 5.92 Å². The Labute approximate surface area is 101 Å². The third kappa shape index (κ3) is 5.03. The lowest BCUT2D eigenvalue weighted by molar-refractivity contribution is 0.256. The standard InChI is InChI=1S/C15H27N/c1-3-5-7-12-15(16-13-4-2)14-10-8-6-9-11-14/h1,14-16H,4-13H2,2H3. The second kappa shape index (κ2) is 8.65. The van der Waals surface area contributed by atoms with Crippen LogP contribution < -0.4 is 5.32 Å². The minimum Gasteiger partial charge on any atom is -0.314 e. The first-order valence-corrected chi connectivity index (χ1v) is 7.05. The molecule has 1 fully saturated rings. The minimum atomic E-state index is 0.730. The van der Waals surface area contributed by atoms with E-state index in [-0.39, 0.29) is 0 Å². The third-order valence-corrected chi connectivity index (χ3v) is 3.71. The zero-order valence-corrected chi connectivity index (χ0v) is 10.8. The van der Waals surface area contributed by atoms with E-state index in [9.17, 15) is 0 Å². The van der Waals surface area contributed by atoms with Crippen LogP contribution in [0.1, 0.15) is 64.7 Å². The van der Waals surface area contributed by atoms with Crippen molar-refractivity contribution in [2.75, 3.05) is 6.54 Å². The number of nitrogens with one attached hydrogen (secondary N) is 1. The van der Waals surface area contributed by atoms with Gasteiger partial charge < -0.3 is 5.32 Å². The molecule has 1 aliphatic rings. The summed E-state index contributed by atoms with van der Waals surface area (Å²) in [7, 11) is 0. The van der Waals surface area contributed by atoms with Crippen molar-refractivity contribution in [3.63, 3.8) is 0 Å². The molecule has 0 bridgehead atoms. The minimum absolute atomic E-state index is 0.730. The van der Waals surface area contributed by atoms with Crippen molar-refractivity contribution in [3.8, 4) is 12.3 Å². The summed E-state index contributed by atoms with van der Waals surface area (Å²) in [6.07, 6.45) is 17.1. The van der Waals surface area contributed by atoms with E-state index in [1.54, 1.807) is 0 Å². The van der Waals surface area contributed by atoms with Gasteiger partial charge in [0.15, 0.2) is 0 Å². The molecule has 92 valence electrons. The lowest BCUT2D eigenvalue weighted by Crippen LogP contribution is -2.37. The average molecular weight is 221 g/mol. The normalized spacial score (nSPS) is 19.2. The molecule has 1 nitrogen and oxygen atoms in total. The van der Waals surface area contributed by atoms with Crippen molar-refractivity contribution in [3.05, 3.63) is 0 Å². The Kier molecular flexibility index (Phi) is 7.34. The van der Waals surface area contributed by atoms with Crippen molar-refractivity contribution >= 4 is 0 Å². The first-order chi connectivity index (χ1) is 7.88. The van der Waals surface area contributed by atoms with Crippen LogP contribution in [0.25, 0.3) is 0 Å². The smallest absolute Gasteiger partial charge is 0.00956 e. The fraction of sp³-hybridized carbons (Fsp3) is 0.867. The molecule has 0 aromatic rings. The van der Waals surface area contributed by atoms with E-state index in [2.05, 4.69) is 18.2 Å². The highest BCUT2D eigenvalue weighted by Gasteiger charge is 2.22. The lowest BCUT2D eigenvalue weighted by Gasteiger charge is -2.31. The van der Waals surface area contributed by atoms with Crippen LogP contribution in [0.3, 0.4) is 0 Å². The zero-order valence-electron chi connectivity index (χ0n) is 10.8. The van der Waals surface area contributed by atoms with Crippen LogP contribution in [0.4, 0.5) is 0 Å². The van der Waals surface area contributed by atoms with Gasteiger partial charge in [0, 0.05) is 12.5 Å². The molecule has 0 radical (unpaired) electrons. The van der Waals surface area contributed by atoms with E-state index < -0.39 is 0 Å². The number of rotatable bonds is 7. The molecule has 1 saturated carbocycles. The molecule has 16 heavy (non-hydrogen) atoms. The van der Waals surface area contributed by atoms with E-state index in [4.69, 9.17) is 6.42 Å². The third-order valence-electron chi connectivity index (χ3n) is 3.71. The van der Waals surface area contributed by atoms with Crippen LogP contribution in [0.15, 0.2) is 0 Å². The van der Waals surface area contributed by atoms with E-state index in [0.29, 0.717) is 0 Å². The van der Waals surface area contributed by atoms with Crippen molar-refractivity contribution in [2.45, 2.75) is 70.8 Å². The molecule has 0 aromatic heterocycles. The number of hydrogen-bond donors (Lipinski definition) is 1. The molecule has 0 amide bonds. The van der Waals surface area contributed by atoms with Crippen LogP contribution in [-0.4, -0.2) is 12.6 Å². The second-order valence-electron chi connectivity index (χ2n) is 5.06. The predicted molar refractivity (Wildman–Crippen MR) is 71.3 cm³/mol. The first-order valence-electron chi connectivity index (χ1n) is 7.05. The maximum Gasteiger partial charge on any atom is 0.00956 e. The molecule has 1 N–H and O–H groups in total. The first kappa shape index (κ1) is 13.6. The van der Waals surface area contributed by atoms with Gasteiger partial charge in [0.25, 0.3) is 0 Å². The summed E-state index contributed by atoms with van der Waals surface area (Å²) in [6, 6.07) is 0.730. The lowest BCUT2D eigenvalue weighted by atomic mass is 9.82. The Morgan fingerprint density at radius 1 is 1.31 bits per heavy atom. The van der Waals surface area contributed by atoms with Gasteiger partial charge in [0.2, 0.25) is 0 Å². The quantitative estimate of drug-likeness (QED) is 0.510. The molecule has 1 atom stereocenters. The van der Waals surface area contributed by atoms with Crippen molar-refractivity contribution in [1.29, 1.82) is 0 Å². The number of terminal acetylenes is 1. The number of hydrogen-bond acceptors (Lipinski definition) is 1. The number of unbranched alkanes of at least 4 members (excludes halogenated alkanes) is 1. The molecule has 1 unspecified atom stereocenters. The summed E-state index contributed by atoms with van der Waals surface area (Å²) < 4.78 is 0. The molecule has 1 heteroatoms. The molecular weight excluding hydrogens is 194 g/mol. The van der Waals surface area contributed by atoms with Crippen LogP contribution in [0, 0.1) is 18.3 Å². The Morgan fingerprint density at radius 2 is 2.06 bits per heavy atom. The highest BCUT2D eigenvalue weighted by molar-refractivity contribution is 4.85. The SMILES string of the molecule is C#CCCCC(NCCC)C1CCCCC1. The molecule has 0 saturated heterocycles. The second-order valence-corrected chi connectivity index (χ2v) is 5.06. The molecule has 0 aromatic carbocycles. The van der Waals surface area contributed by atoms with Gasteiger partial charge in [-0.05, 0) is 44.6 Å². The van der Waals surface area contributed by atoms with Gasteiger partial charge in [-0.3, -0.25) is 0 Å². The maximum atomic E-state index is 5.32. The Bertz CT molecular complexity index is 198. The molecule has 1 rings (SSSR count).